The van der Waals surface area contributed by atoms with Crippen LogP contribution in [0.25, 0.3) is 0 Å². The van der Waals surface area contributed by atoms with Crippen molar-refractivity contribution in [1.29, 1.82) is 0 Å². The minimum absolute atomic E-state index is 0.117. The lowest BCUT2D eigenvalue weighted by Gasteiger charge is -2.35. The van der Waals surface area contributed by atoms with Gasteiger partial charge in [-0.1, -0.05) is 17.7 Å². The van der Waals surface area contributed by atoms with Gasteiger partial charge in [-0.3, -0.25) is 4.79 Å². The van der Waals surface area contributed by atoms with E-state index < -0.39 is 10.0 Å². The molecule has 0 bridgehead atoms. The van der Waals surface area contributed by atoms with Crippen LogP contribution in [0, 0.1) is 12.8 Å². The molecular formula is C19H29N3O3S. The molecule has 2 aliphatic heterocycles. The highest BCUT2D eigenvalue weighted by Gasteiger charge is 2.37. The zero-order valence-electron chi connectivity index (χ0n) is 15.6. The van der Waals surface area contributed by atoms with Crippen molar-refractivity contribution < 1.29 is 13.2 Å². The number of piperidine rings is 1. The molecular weight excluding hydrogens is 350 g/mol. The number of likely N-dealkylation sites (tertiary alicyclic amines) is 1. The second-order valence-corrected chi connectivity index (χ2v) is 9.34. The van der Waals surface area contributed by atoms with Gasteiger partial charge in [-0.25, -0.2) is 8.42 Å². The van der Waals surface area contributed by atoms with Crippen LogP contribution in [0.2, 0.25) is 0 Å². The standard InChI is InChI=1S/C19H29N3O3S/c1-15-7-9-18(10-8-15)26(24,25)21-11-3-5-16(14-21)19(23)22-12-4-6-17(22)13-20-2/h7-10,16-17,20H,3-6,11-14H2,1-2H3. The quantitative estimate of drug-likeness (QED) is 0.844. The van der Waals surface area contributed by atoms with Crippen LogP contribution in [0.1, 0.15) is 31.2 Å². The fourth-order valence-electron chi connectivity index (χ4n) is 4.03. The molecule has 26 heavy (non-hydrogen) atoms. The molecule has 3 rings (SSSR count). The topological polar surface area (TPSA) is 69.7 Å². The number of nitrogens with one attached hydrogen (secondary N) is 1. The molecule has 0 spiro atoms. The Morgan fingerprint density at radius 3 is 2.54 bits per heavy atom. The van der Waals surface area contributed by atoms with Crippen LogP contribution in [0.3, 0.4) is 0 Å². The van der Waals surface area contributed by atoms with Crippen molar-refractivity contribution in [3.63, 3.8) is 0 Å². The third-order valence-electron chi connectivity index (χ3n) is 5.49. The lowest BCUT2D eigenvalue weighted by Crippen LogP contribution is -2.49. The summed E-state index contributed by atoms with van der Waals surface area (Å²) in [4.78, 5) is 15.3. The molecule has 1 amide bonds. The van der Waals surface area contributed by atoms with Gasteiger partial charge in [0.05, 0.1) is 10.8 Å². The number of carbonyl (C=O) groups excluding carboxylic acids is 1. The Morgan fingerprint density at radius 2 is 1.85 bits per heavy atom. The van der Waals surface area contributed by atoms with Crippen molar-refractivity contribution in [2.75, 3.05) is 33.2 Å². The number of hydrogen-bond acceptors (Lipinski definition) is 4. The fraction of sp³-hybridized carbons (Fsp3) is 0.632. The summed E-state index contributed by atoms with van der Waals surface area (Å²) in [5.74, 6) is -0.118. The molecule has 2 atom stereocenters. The van der Waals surface area contributed by atoms with Gasteiger partial charge in [-0.15, -0.1) is 0 Å². The van der Waals surface area contributed by atoms with Gasteiger partial charge < -0.3 is 10.2 Å². The first-order valence-corrected chi connectivity index (χ1v) is 10.9. The Labute approximate surface area is 156 Å². The minimum Gasteiger partial charge on any atom is -0.338 e. The van der Waals surface area contributed by atoms with Crippen LogP contribution < -0.4 is 5.32 Å². The SMILES string of the molecule is CNCC1CCCN1C(=O)C1CCCN(S(=O)(=O)c2ccc(C)cc2)C1. The lowest BCUT2D eigenvalue weighted by atomic mass is 9.97. The van der Waals surface area contributed by atoms with Crippen LogP contribution >= 0.6 is 0 Å². The Hall–Kier alpha value is -1.44. The highest BCUT2D eigenvalue weighted by atomic mass is 32.2. The average molecular weight is 380 g/mol. The van der Waals surface area contributed by atoms with Gasteiger partial charge in [0.2, 0.25) is 15.9 Å². The molecule has 2 heterocycles. The molecule has 6 nitrogen and oxygen atoms in total. The summed E-state index contributed by atoms with van der Waals surface area (Å²) in [6.45, 7) is 4.29. The number of amides is 1. The van der Waals surface area contributed by atoms with E-state index in [9.17, 15) is 13.2 Å². The molecule has 1 aromatic carbocycles. The summed E-state index contributed by atoms with van der Waals surface area (Å²) < 4.78 is 27.4. The second kappa shape index (κ2) is 8.06. The molecule has 1 N–H and O–H groups in total. The predicted octanol–water partition coefficient (Wildman–Crippen LogP) is 1.61. The van der Waals surface area contributed by atoms with Gasteiger partial charge in [0, 0.05) is 32.2 Å². The van der Waals surface area contributed by atoms with E-state index >= 15 is 0 Å². The van der Waals surface area contributed by atoms with Crippen molar-refractivity contribution in [1.82, 2.24) is 14.5 Å². The molecule has 2 fully saturated rings. The smallest absolute Gasteiger partial charge is 0.243 e. The van der Waals surface area contributed by atoms with Crippen molar-refractivity contribution in [3.05, 3.63) is 29.8 Å². The third-order valence-corrected chi connectivity index (χ3v) is 7.37. The van der Waals surface area contributed by atoms with Crippen LogP contribution in [0.4, 0.5) is 0 Å². The van der Waals surface area contributed by atoms with E-state index in [-0.39, 0.29) is 24.4 Å². The summed E-state index contributed by atoms with van der Waals surface area (Å²) in [5.41, 5.74) is 1.03. The summed E-state index contributed by atoms with van der Waals surface area (Å²) in [6.07, 6.45) is 3.54. The maximum Gasteiger partial charge on any atom is 0.243 e. The molecule has 0 saturated carbocycles. The molecule has 0 aromatic heterocycles. The van der Waals surface area contributed by atoms with Crippen molar-refractivity contribution in [2.45, 2.75) is 43.5 Å². The van der Waals surface area contributed by atoms with Gasteiger partial charge >= 0.3 is 0 Å². The molecule has 2 aliphatic rings. The number of rotatable bonds is 5. The van der Waals surface area contributed by atoms with E-state index in [1.807, 2.05) is 31.0 Å². The van der Waals surface area contributed by atoms with Crippen LogP contribution in [-0.4, -0.2) is 62.8 Å². The maximum absolute atomic E-state index is 13.0. The number of likely N-dealkylation sites (N-methyl/N-ethyl adjacent to an activating group) is 1. The number of nitrogens with zero attached hydrogens (tertiary/aromatic N) is 2. The maximum atomic E-state index is 13.0. The molecule has 0 radical (unpaired) electrons. The van der Waals surface area contributed by atoms with E-state index in [1.54, 1.807) is 12.1 Å². The lowest BCUT2D eigenvalue weighted by molar-refractivity contribution is -0.137. The Kier molecular flexibility index (Phi) is 5.99. The highest BCUT2D eigenvalue weighted by Crippen LogP contribution is 2.27. The Balaban J connectivity index is 1.72. The van der Waals surface area contributed by atoms with E-state index in [4.69, 9.17) is 0 Å². The molecule has 0 aliphatic carbocycles. The highest BCUT2D eigenvalue weighted by molar-refractivity contribution is 7.89. The largest absolute Gasteiger partial charge is 0.338 e. The van der Waals surface area contributed by atoms with Crippen molar-refractivity contribution in [2.24, 2.45) is 5.92 Å². The Morgan fingerprint density at radius 1 is 1.15 bits per heavy atom. The van der Waals surface area contributed by atoms with E-state index in [1.165, 1.54) is 4.31 Å². The molecule has 2 saturated heterocycles. The monoisotopic (exact) mass is 379 g/mol. The first kappa shape index (κ1) is 19.3. The van der Waals surface area contributed by atoms with E-state index in [0.29, 0.717) is 11.4 Å². The first-order valence-electron chi connectivity index (χ1n) is 9.45. The Bertz CT molecular complexity index is 733. The van der Waals surface area contributed by atoms with Crippen molar-refractivity contribution >= 4 is 15.9 Å². The molecule has 2 unspecified atom stereocenters. The van der Waals surface area contributed by atoms with Gasteiger partial charge in [0.1, 0.15) is 0 Å². The number of hydrogen-bond donors (Lipinski definition) is 1. The van der Waals surface area contributed by atoms with Gasteiger partial charge in [0.15, 0.2) is 0 Å². The number of aryl methyl sites for hydroxylation is 1. The molecule has 7 heteroatoms. The van der Waals surface area contributed by atoms with Crippen LogP contribution in [0.15, 0.2) is 29.2 Å². The summed E-state index contributed by atoms with van der Waals surface area (Å²) in [6, 6.07) is 7.16. The number of benzene rings is 1. The normalized spacial score (nSPS) is 24.8. The first-order chi connectivity index (χ1) is 12.4. The zero-order chi connectivity index (χ0) is 18.7. The molecule has 1 aromatic rings. The third kappa shape index (κ3) is 3.94. The summed E-state index contributed by atoms with van der Waals surface area (Å²) >= 11 is 0. The summed E-state index contributed by atoms with van der Waals surface area (Å²) in [5, 5.41) is 3.16. The average Bonchev–Trinajstić information content (AvgIpc) is 3.10. The van der Waals surface area contributed by atoms with Gasteiger partial charge in [0.25, 0.3) is 0 Å². The number of sulfonamides is 1. The van der Waals surface area contributed by atoms with Crippen molar-refractivity contribution in [3.8, 4) is 0 Å². The number of carbonyl (C=O) groups is 1. The van der Waals surface area contributed by atoms with E-state index in [0.717, 1.165) is 44.3 Å². The fourth-order valence-corrected chi connectivity index (χ4v) is 5.55. The van der Waals surface area contributed by atoms with E-state index in [2.05, 4.69) is 5.32 Å². The van der Waals surface area contributed by atoms with Gasteiger partial charge in [-0.2, -0.15) is 4.31 Å². The summed E-state index contributed by atoms with van der Waals surface area (Å²) in [7, 11) is -1.64. The van der Waals surface area contributed by atoms with Crippen LogP contribution in [0.5, 0.6) is 0 Å². The molecule has 144 valence electrons. The predicted molar refractivity (Wildman–Crippen MR) is 101 cm³/mol. The van der Waals surface area contributed by atoms with Gasteiger partial charge in [-0.05, 0) is 51.8 Å². The minimum atomic E-state index is -3.54. The zero-order valence-corrected chi connectivity index (χ0v) is 16.5. The second-order valence-electron chi connectivity index (χ2n) is 7.40. The van der Waals surface area contributed by atoms with Crippen LogP contribution in [-0.2, 0) is 14.8 Å².